The normalized spacial score (nSPS) is 11.0. The van der Waals surface area contributed by atoms with Crippen LogP contribution in [0, 0.1) is 5.82 Å². The van der Waals surface area contributed by atoms with E-state index in [1.165, 1.54) is 23.5 Å². The van der Waals surface area contributed by atoms with Crippen molar-refractivity contribution in [2.75, 3.05) is 0 Å². The molecule has 1 N–H and O–H groups in total. The number of benzene rings is 2. The van der Waals surface area contributed by atoms with E-state index in [1.807, 2.05) is 12.1 Å². The highest BCUT2D eigenvalue weighted by molar-refractivity contribution is 7.22. The topological polar surface area (TPSA) is 33.1 Å². The van der Waals surface area contributed by atoms with Gasteiger partial charge in [-0.1, -0.05) is 17.7 Å². The Morgan fingerprint density at radius 2 is 2.06 bits per heavy atom. The van der Waals surface area contributed by atoms with Gasteiger partial charge in [0.1, 0.15) is 16.6 Å². The Labute approximate surface area is 111 Å². The van der Waals surface area contributed by atoms with Gasteiger partial charge in [0, 0.05) is 6.07 Å². The quantitative estimate of drug-likeness (QED) is 0.713. The molecule has 0 aliphatic carbocycles. The van der Waals surface area contributed by atoms with Crippen LogP contribution in [-0.4, -0.2) is 10.1 Å². The summed E-state index contributed by atoms with van der Waals surface area (Å²) in [4.78, 5) is 4.39. The average molecular weight is 280 g/mol. The number of phenolic OH excluding ortho intramolecular Hbond substituents is 1. The number of phenols is 1. The highest BCUT2D eigenvalue weighted by Crippen LogP contribution is 2.37. The fourth-order valence-electron chi connectivity index (χ4n) is 1.72. The van der Waals surface area contributed by atoms with E-state index in [1.54, 1.807) is 6.07 Å². The minimum atomic E-state index is -0.476. The molecule has 0 aliphatic heterocycles. The first kappa shape index (κ1) is 11.4. The third-order valence-electron chi connectivity index (χ3n) is 2.56. The first-order chi connectivity index (χ1) is 8.65. The largest absolute Gasteiger partial charge is 0.507 e. The van der Waals surface area contributed by atoms with Crippen molar-refractivity contribution in [3.05, 3.63) is 47.2 Å². The highest BCUT2D eigenvalue weighted by atomic mass is 35.5. The zero-order valence-electron chi connectivity index (χ0n) is 9.02. The lowest BCUT2D eigenvalue weighted by atomic mass is 10.2. The van der Waals surface area contributed by atoms with Crippen molar-refractivity contribution in [1.29, 1.82) is 0 Å². The minimum Gasteiger partial charge on any atom is -0.507 e. The van der Waals surface area contributed by atoms with Crippen LogP contribution < -0.4 is 0 Å². The summed E-state index contributed by atoms with van der Waals surface area (Å²) < 4.78 is 13.8. The molecule has 0 radical (unpaired) electrons. The van der Waals surface area contributed by atoms with Crippen molar-refractivity contribution in [3.8, 4) is 16.3 Å². The summed E-state index contributed by atoms with van der Waals surface area (Å²) in [6, 6.07) is 9.33. The van der Waals surface area contributed by atoms with Gasteiger partial charge in [-0.05, 0) is 24.3 Å². The summed E-state index contributed by atoms with van der Waals surface area (Å²) >= 11 is 7.44. The fourth-order valence-corrected chi connectivity index (χ4v) is 3.01. The fraction of sp³-hybridized carbons (Fsp3) is 0. The summed E-state index contributed by atoms with van der Waals surface area (Å²) in [5.41, 5.74) is 1.28. The van der Waals surface area contributed by atoms with Crippen LogP contribution in [-0.2, 0) is 0 Å². The van der Waals surface area contributed by atoms with Crippen LogP contribution in [0.25, 0.3) is 20.8 Å². The molecule has 18 heavy (non-hydrogen) atoms. The zero-order valence-corrected chi connectivity index (χ0v) is 10.6. The Balaban J connectivity index is 2.23. The van der Waals surface area contributed by atoms with E-state index in [4.69, 9.17) is 11.6 Å². The molecule has 0 unspecified atom stereocenters. The molecule has 2 nitrogen and oxygen atoms in total. The smallest absolute Gasteiger partial charge is 0.128 e. The molecule has 0 saturated carbocycles. The van der Waals surface area contributed by atoms with Gasteiger partial charge in [0.05, 0.1) is 20.8 Å². The van der Waals surface area contributed by atoms with Crippen LogP contribution in [0.1, 0.15) is 0 Å². The summed E-state index contributed by atoms with van der Waals surface area (Å²) in [7, 11) is 0. The number of nitrogens with zero attached hydrogens (tertiary/aromatic N) is 1. The second-order valence-corrected chi connectivity index (χ2v) is 5.17. The first-order valence-electron chi connectivity index (χ1n) is 5.19. The van der Waals surface area contributed by atoms with Crippen molar-refractivity contribution in [3.63, 3.8) is 0 Å². The van der Waals surface area contributed by atoms with Gasteiger partial charge in [-0.3, -0.25) is 0 Å². The van der Waals surface area contributed by atoms with Crippen LogP contribution >= 0.6 is 22.9 Å². The van der Waals surface area contributed by atoms with Crippen molar-refractivity contribution in [1.82, 2.24) is 4.98 Å². The van der Waals surface area contributed by atoms with Gasteiger partial charge in [-0.2, -0.15) is 0 Å². The maximum atomic E-state index is 12.9. The molecule has 0 bridgehead atoms. The molecule has 1 aromatic heterocycles. The second-order valence-electron chi connectivity index (χ2n) is 3.77. The van der Waals surface area contributed by atoms with Gasteiger partial charge in [0.2, 0.25) is 0 Å². The Morgan fingerprint density at radius 3 is 2.78 bits per heavy atom. The molecule has 2 aromatic carbocycles. The SMILES string of the molecule is Oc1cc(F)ccc1-c1nc2cccc(Cl)c2s1. The van der Waals surface area contributed by atoms with E-state index in [-0.39, 0.29) is 5.75 Å². The van der Waals surface area contributed by atoms with Gasteiger partial charge < -0.3 is 5.11 Å². The molecule has 1 heterocycles. The summed E-state index contributed by atoms with van der Waals surface area (Å²) in [6.45, 7) is 0. The number of halogens is 2. The standard InChI is InChI=1S/C13H7ClFNOS/c14-9-2-1-3-10-12(9)18-13(16-10)8-5-4-7(15)6-11(8)17/h1-6,17H. The van der Waals surface area contributed by atoms with Crippen molar-refractivity contribution < 1.29 is 9.50 Å². The van der Waals surface area contributed by atoms with Gasteiger partial charge in [-0.15, -0.1) is 11.3 Å². The number of hydrogen-bond donors (Lipinski definition) is 1. The lowest BCUT2D eigenvalue weighted by Crippen LogP contribution is -1.79. The molecule has 5 heteroatoms. The van der Waals surface area contributed by atoms with E-state index in [0.29, 0.717) is 15.6 Å². The van der Waals surface area contributed by atoms with E-state index in [0.717, 1.165) is 16.3 Å². The number of thiazole rings is 1. The van der Waals surface area contributed by atoms with Gasteiger partial charge in [-0.25, -0.2) is 9.37 Å². The maximum Gasteiger partial charge on any atom is 0.128 e. The molecular formula is C13H7ClFNOS. The second kappa shape index (κ2) is 4.23. The third-order valence-corrected chi connectivity index (χ3v) is 4.12. The van der Waals surface area contributed by atoms with E-state index >= 15 is 0 Å². The van der Waals surface area contributed by atoms with Crippen LogP contribution in [0.4, 0.5) is 4.39 Å². The summed E-state index contributed by atoms with van der Waals surface area (Å²) in [5, 5.41) is 11.0. The molecule has 0 saturated heterocycles. The molecule has 3 rings (SSSR count). The Hall–Kier alpha value is -1.65. The first-order valence-corrected chi connectivity index (χ1v) is 6.38. The summed E-state index contributed by atoms with van der Waals surface area (Å²) in [6.07, 6.45) is 0. The van der Waals surface area contributed by atoms with Crippen LogP contribution in [0.15, 0.2) is 36.4 Å². The Bertz CT molecular complexity index is 741. The highest BCUT2D eigenvalue weighted by Gasteiger charge is 2.12. The molecule has 0 aliphatic rings. The number of hydrogen-bond acceptors (Lipinski definition) is 3. The van der Waals surface area contributed by atoms with Crippen molar-refractivity contribution in [2.45, 2.75) is 0 Å². The van der Waals surface area contributed by atoms with E-state index < -0.39 is 5.82 Å². The van der Waals surface area contributed by atoms with Crippen LogP contribution in [0.2, 0.25) is 5.02 Å². The number of fused-ring (bicyclic) bond motifs is 1. The van der Waals surface area contributed by atoms with Crippen molar-refractivity contribution in [2.24, 2.45) is 0 Å². The average Bonchev–Trinajstić information content (AvgIpc) is 2.74. The van der Waals surface area contributed by atoms with Crippen LogP contribution in [0.3, 0.4) is 0 Å². The Kier molecular flexibility index (Phi) is 2.69. The number of rotatable bonds is 1. The lowest BCUT2D eigenvalue weighted by molar-refractivity contribution is 0.471. The Morgan fingerprint density at radius 1 is 1.22 bits per heavy atom. The van der Waals surface area contributed by atoms with Gasteiger partial charge in [0.25, 0.3) is 0 Å². The predicted octanol–water partition coefficient (Wildman–Crippen LogP) is 4.46. The number of aromatic nitrogens is 1. The molecule has 90 valence electrons. The molecule has 0 amide bonds. The minimum absolute atomic E-state index is 0.120. The lowest BCUT2D eigenvalue weighted by Gasteiger charge is -1.99. The van der Waals surface area contributed by atoms with Crippen LogP contribution in [0.5, 0.6) is 5.75 Å². The third kappa shape index (κ3) is 1.83. The number of aromatic hydroxyl groups is 1. The molecule has 3 aromatic rings. The maximum absolute atomic E-state index is 12.9. The monoisotopic (exact) mass is 279 g/mol. The molecule has 0 spiro atoms. The molecule has 0 fully saturated rings. The van der Waals surface area contributed by atoms with E-state index in [2.05, 4.69) is 4.98 Å². The zero-order chi connectivity index (χ0) is 12.7. The van der Waals surface area contributed by atoms with E-state index in [9.17, 15) is 9.50 Å². The van der Waals surface area contributed by atoms with Crippen molar-refractivity contribution >= 4 is 33.2 Å². The predicted molar refractivity (Wildman–Crippen MR) is 71.7 cm³/mol. The van der Waals surface area contributed by atoms with Gasteiger partial charge >= 0.3 is 0 Å². The summed E-state index contributed by atoms with van der Waals surface area (Å²) in [5.74, 6) is -0.597. The van der Waals surface area contributed by atoms with Gasteiger partial charge in [0.15, 0.2) is 0 Å². The molecule has 0 atom stereocenters. The molecular weight excluding hydrogens is 273 g/mol.